The summed E-state index contributed by atoms with van der Waals surface area (Å²) in [4.78, 5) is 18.3. The smallest absolute Gasteiger partial charge is 0.241 e. The fraction of sp³-hybridized carbons (Fsp3) is 0.278. The molecule has 0 spiro atoms. The van der Waals surface area contributed by atoms with Crippen molar-refractivity contribution < 1.29 is 13.7 Å². The number of aryl methyl sites for hydroxylation is 1. The Labute approximate surface area is 145 Å². The molecule has 3 aromatic rings. The molecule has 130 valence electrons. The molecular weight excluding hydrogens is 320 g/mol. The van der Waals surface area contributed by atoms with Gasteiger partial charge >= 0.3 is 0 Å². The van der Waals surface area contributed by atoms with Crippen molar-refractivity contribution in [2.45, 2.75) is 19.9 Å². The highest BCUT2D eigenvalue weighted by Gasteiger charge is 2.14. The minimum Gasteiger partial charge on any atom is -0.461 e. The van der Waals surface area contributed by atoms with Crippen LogP contribution >= 0.6 is 0 Å². The maximum Gasteiger partial charge on any atom is 0.241 e. The van der Waals surface area contributed by atoms with Gasteiger partial charge in [-0.05, 0) is 37.2 Å². The molecule has 7 nitrogen and oxygen atoms in total. The Bertz CT molecular complexity index is 826. The van der Waals surface area contributed by atoms with Crippen LogP contribution in [-0.2, 0) is 17.8 Å². The van der Waals surface area contributed by atoms with Crippen molar-refractivity contribution in [1.29, 1.82) is 0 Å². The predicted octanol–water partition coefficient (Wildman–Crippen LogP) is 2.96. The van der Waals surface area contributed by atoms with E-state index in [-0.39, 0.29) is 12.5 Å². The van der Waals surface area contributed by atoms with Gasteiger partial charge in [0, 0.05) is 5.69 Å². The van der Waals surface area contributed by atoms with Crippen LogP contribution in [0.5, 0.6) is 0 Å². The van der Waals surface area contributed by atoms with E-state index >= 15 is 0 Å². The largest absolute Gasteiger partial charge is 0.461 e. The first-order chi connectivity index (χ1) is 12.2. The number of likely N-dealkylation sites (N-methyl/N-ethyl adjacent to an activating group) is 1. The molecule has 1 aromatic carbocycles. The summed E-state index contributed by atoms with van der Waals surface area (Å²) in [6.45, 7) is 2.65. The number of carbonyl (C=O) groups is 1. The lowest BCUT2D eigenvalue weighted by Gasteiger charge is -2.15. The third-order valence-corrected chi connectivity index (χ3v) is 3.70. The number of nitrogens with zero attached hydrogens (tertiary/aromatic N) is 3. The SMILES string of the molecule is CCc1ccccc1NC(=O)CN(C)Cc1nc(-c2ccco2)no1. The molecule has 0 fully saturated rings. The van der Waals surface area contributed by atoms with Crippen LogP contribution in [0.4, 0.5) is 5.69 Å². The number of carbonyl (C=O) groups excluding carboxylic acids is 1. The van der Waals surface area contributed by atoms with Gasteiger partial charge in [-0.15, -0.1) is 0 Å². The molecule has 0 unspecified atom stereocenters. The molecule has 0 radical (unpaired) electrons. The van der Waals surface area contributed by atoms with Crippen LogP contribution in [0.3, 0.4) is 0 Å². The van der Waals surface area contributed by atoms with Gasteiger partial charge in [-0.2, -0.15) is 4.98 Å². The fourth-order valence-corrected chi connectivity index (χ4v) is 2.50. The predicted molar refractivity (Wildman–Crippen MR) is 92.8 cm³/mol. The number of amides is 1. The molecule has 0 bridgehead atoms. The van der Waals surface area contributed by atoms with Gasteiger partial charge in [0.1, 0.15) is 0 Å². The van der Waals surface area contributed by atoms with Crippen molar-refractivity contribution in [3.8, 4) is 11.6 Å². The zero-order valence-electron chi connectivity index (χ0n) is 14.2. The Morgan fingerprint density at radius 2 is 2.08 bits per heavy atom. The van der Waals surface area contributed by atoms with E-state index in [1.807, 2.05) is 36.2 Å². The van der Waals surface area contributed by atoms with E-state index in [0.717, 1.165) is 17.7 Å². The van der Waals surface area contributed by atoms with E-state index in [1.165, 1.54) is 0 Å². The van der Waals surface area contributed by atoms with Gasteiger partial charge in [0.2, 0.25) is 17.6 Å². The van der Waals surface area contributed by atoms with Gasteiger partial charge in [0.05, 0.1) is 19.4 Å². The van der Waals surface area contributed by atoms with Gasteiger partial charge in [0.25, 0.3) is 0 Å². The molecule has 0 saturated heterocycles. The highest BCUT2D eigenvalue weighted by molar-refractivity contribution is 5.92. The van der Waals surface area contributed by atoms with Crippen molar-refractivity contribution in [2.75, 3.05) is 18.9 Å². The van der Waals surface area contributed by atoms with Crippen molar-refractivity contribution >= 4 is 11.6 Å². The summed E-state index contributed by atoms with van der Waals surface area (Å²) in [6, 6.07) is 11.3. The second kappa shape index (κ2) is 7.76. The van der Waals surface area contributed by atoms with E-state index < -0.39 is 0 Å². The highest BCUT2D eigenvalue weighted by atomic mass is 16.5. The molecule has 0 aliphatic heterocycles. The van der Waals surface area contributed by atoms with E-state index in [0.29, 0.717) is 24.0 Å². The zero-order valence-corrected chi connectivity index (χ0v) is 14.2. The van der Waals surface area contributed by atoms with Crippen LogP contribution in [-0.4, -0.2) is 34.5 Å². The molecule has 3 rings (SSSR count). The Balaban J connectivity index is 1.55. The highest BCUT2D eigenvalue weighted by Crippen LogP contribution is 2.17. The van der Waals surface area contributed by atoms with Gasteiger partial charge in [-0.1, -0.05) is 30.3 Å². The van der Waals surface area contributed by atoms with Crippen molar-refractivity contribution in [3.63, 3.8) is 0 Å². The quantitative estimate of drug-likeness (QED) is 0.712. The number of benzene rings is 1. The molecule has 25 heavy (non-hydrogen) atoms. The number of nitrogens with one attached hydrogen (secondary N) is 1. The summed E-state index contributed by atoms with van der Waals surface area (Å²) >= 11 is 0. The molecule has 0 aliphatic rings. The first kappa shape index (κ1) is 16.9. The molecule has 7 heteroatoms. The maximum atomic E-state index is 12.2. The second-order valence-corrected chi connectivity index (χ2v) is 5.72. The number of furan rings is 1. The van der Waals surface area contributed by atoms with Crippen LogP contribution < -0.4 is 5.32 Å². The summed E-state index contributed by atoms with van der Waals surface area (Å²) in [5, 5.41) is 6.82. The lowest BCUT2D eigenvalue weighted by molar-refractivity contribution is -0.117. The summed E-state index contributed by atoms with van der Waals surface area (Å²) < 4.78 is 10.4. The molecule has 2 heterocycles. The topological polar surface area (TPSA) is 84.4 Å². The zero-order chi connectivity index (χ0) is 17.6. The van der Waals surface area contributed by atoms with E-state index in [9.17, 15) is 4.79 Å². The number of anilines is 1. The average Bonchev–Trinajstić information content (AvgIpc) is 3.26. The number of para-hydroxylation sites is 1. The van der Waals surface area contributed by atoms with E-state index in [2.05, 4.69) is 22.4 Å². The van der Waals surface area contributed by atoms with Gasteiger partial charge in [-0.3, -0.25) is 9.69 Å². The third-order valence-electron chi connectivity index (χ3n) is 3.70. The first-order valence-electron chi connectivity index (χ1n) is 8.08. The standard InChI is InChI=1S/C18H20N4O3/c1-3-13-7-4-5-8-14(13)19-16(23)11-22(2)12-17-20-18(21-25-17)15-9-6-10-24-15/h4-10H,3,11-12H2,1-2H3,(H,19,23). The van der Waals surface area contributed by atoms with Crippen LogP contribution in [0.2, 0.25) is 0 Å². The van der Waals surface area contributed by atoms with Crippen molar-refractivity contribution in [3.05, 3.63) is 54.1 Å². The first-order valence-corrected chi connectivity index (χ1v) is 8.08. The van der Waals surface area contributed by atoms with Crippen molar-refractivity contribution in [1.82, 2.24) is 15.0 Å². The minimum absolute atomic E-state index is 0.0887. The van der Waals surface area contributed by atoms with Gasteiger partial charge in [-0.25, -0.2) is 0 Å². The minimum atomic E-state index is -0.0887. The normalized spacial score (nSPS) is 11.0. The van der Waals surface area contributed by atoms with E-state index in [1.54, 1.807) is 18.4 Å². The lowest BCUT2D eigenvalue weighted by atomic mass is 10.1. The molecule has 0 atom stereocenters. The number of hydrogen-bond donors (Lipinski definition) is 1. The molecule has 1 N–H and O–H groups in total. The molecule has 1 amide bonds. The second-order valence-electron chi connectivity index (χ2n) is 5.72. The van der Waals surface area contributed by atoms with Crippen LogP contribution in [0.25, 0.3) is 11.6 Å². The van der Waals surface area contributed by atoms with Gasteiger partial charge in [0.15, 0.2) is 5.76 Å². The molecule has 2 aromatic heterocycles. The summed E-state index contributed by atoms with van der Waals surface area (Å²) in [5.74, 6) is 1.28. The fourth-order valence-electron chi connectivity index (χ4n) is 2.50. The molecule has 0 aliphatic carbocycles. The van der Waals surface area contributed by atoms with Crippen molar-refractivity contribution in [2.24, 2.45) is 0 Å². The van der Waals surface area contributed by atoms with Crippen LogP contribution in [0.15, 0.2) is 51.6 Å². The van der Waals surface area contributed by atoms with Crippen LogP contribution in [0.1, 0.15) is 18.4 Å². The number of rotatable bonds is 7. The summed E-state index contributed by atoms with van der Waals surface area (Å²) in [7, 11) is 1.82. The Morgan fingerprint density at radius 3 is 2.84 bits per heavy atom. The number of hydrogen-bond acceptors (Lipinski definition) is 6. The monoisotopic (exact) mass is 340 g/mol. The maximum absolute atomic E-state index is 12.2. The summed E-state index contributed by atoms with van der Waals surface area (Å²) in [5.41, 5.74) is 1.96. The lowest BCUT2D eigenvalue weighted by Crippen LogP contribution is -2.30. The average molecular weight is 340 g/mol. The number of aromatic nitrogens is 2. The van der Waals surface area contributed by atoms with Crippen LogP contribution in [0, 0.1) is 0 Å². The Hall–Kier alpha value is -2.93. The molecule has 0 saturated carbocycles. The molecular formula is C18H20N4O3. The third kappa shape index (κ3) is 4.33. The summed E-state index contributed by atoms with van der Waals surface area (Å²) in [6.07, 6.45) is 2.42. The Kier molecular flexibility index (Phi) is 5.25. The Morgan fingerprint density at radius 1 is 1.24 bits per heavy atom. The van der Waals surface area contributed by atoms with E-state index in [4.69, 9.17) is 8.94 Å². The van der Waals surface area contributed by atoms with Gasteiger partial charge < -0.3 is 14.3 Å².